The Hall–Kier alpha value is -4.24. The van der Waals surface area contributed by atoms with E-state index in [1.807, 2.05) is 13.0 Å². The average molecular weight is 548 g/mol. The van der Waals surface area contributed by atoms with Gasteiger partial charge in [-0.05, 0) is 83.0 Å². The van der Waals surface area contributed by atoms with E-state index in [9.17, 15) is 9.59 Å². The fraction of sp³-hybridized carbons (Fsp3) is 0.111. The van der Waals surface area contributed by atoms with Crippen LogP contribution in [0.4, 0.5) is 0 Å². The molecule has 1 N–H and O–H groups in total. The second-order valence-electron chi connectivity index (χ2n) is 7.67. The molecule has 1 aromatic heterocycles. The Morgan fingerprint density at radius 2 is 1.75 bits per heavy atom. The summed E-state index contributed by atoms with van der Waals surface area (Å²) in [6, 6.07) is 19.0. The van der Waals surface area contributed by atoms with E-state index in [2.05, 4.69) is 31.4 Å². The van der Waals surface area contributed by atoms with Crippen molar-refractivity contribution >= 4 is 44.9 Å². The topological polar surface area (TPSA) is 99.1 Å². The number of esters is 1. The summed E-state index contributed by atoms with van der Waals surface area (Å²) < 4.78 is 16.8. The van der Waals surface area contributed by atoms with Crippen LogP contribution >= 0.6 is 15.9 Å². The summed E-state index contributed by atoms with van der Waals surface area (Å²) >= 11 is 3.34. The Kier molecular flexibility index (Phi) is 7.60. The molecule has 4 rings (SSSR count). The van der Waals surface area contributed by atoms with Crippen LogP contribution in [0.3, 0.4) is 0 Å². The highest BCUT2D eigenvalue weighted by Gasteiger charge is 2.16. The van der Waals surface area contributed by atoms with E-state index in [4.69, 9.17) is 14.2 Å². The standard InChI is InChI=1S/C27H22BrN3O5/c1-16-12-21(20-14-18(34-2)9-10-23(20)30-16)26(32)31-29-15-17-8-11-24(25(13-17)35-3)36-27(33)19-6-4-5-7-22(19)28/h4-15H,1-3H3,(H,31,32). The Balaban J connectivity index is 1.50. The minimum Gasteiger partial charge on any atom is -0.497 e. The van der Waals surface area contributed by atoms with Crippen molar-refractivity contribution < 1.29 is 23.8 Å². The third-order valence-corrected chi connectivity index (χ3v) is 5.94. The first kappa shape index (κ1) is 24.9. The van der Waals surface area contributed by atoms with Gasteiger partial charge in [0.1, 0.15) is 5.75 Å². The van der Waals surface area contributed by atoms with E-state index < -0.39 is 5.97 Å². The van der Waals surface area contributed by atoms with Gasteiger partial charge in [-0.1, -0.05) is 12.1 Å². The zero-order valence-corrected chi connectivity index (χ0v) is 21.3. The van der Waals surface area contributed by atoms with Crippen molar-refractivity contribution in [1.29, 1.82) is 0 Å². The fourth-order valence-corrected chi connectivity index (χ4v) is 3.95. The molecular weight excluding hydrogens is 526 g/mol. The maximum atomic E-state index is 12.9. The summed E-state index contributed by atoms with van der Waals surface area (Å²) in [5.41, 5.74) is 5.39. The largest absolute Gasteiger partial charge is 0.497 e. The zero-order valence-electron chi connectivity index (χ0n) is 19.7. The molecule has 0 unspecified atom stereocenters. The van der Waals surface area contributed by atoms with Gasteiger partial charge in [-0.15, -0.1) is 0 Å². The lowest BCUT2D eigenvalue weighted by Crippen LogP contribution is -2.18. The molecule has 0 atom stereocenters. The molecule has 1 amide bonds. The predicted molar refractivity (Wildman–Crippen MR) is 140 cm³/mol. The zero-order chi connectivity index (χ0) is 25.7. The molecule has 0 spiro atoms. The van der Waals surface area contributed by atoms with Gasteiger partial charge in [0.25, 0.3) is 5.91 Å². The fourth-order valence-electron chi connectivity index (χ4n) is 3.51. The van der Waals surface area contributed by atoms with Crippen LogP contribution in [0.25, 0.3) is 10.9 Å². The molecule has 3 aromatic carbocycles. The van der Waals surface area contributed by atoms with Crippen molar-refractivity contribution in [3.8, 4) is 17.2 Å². The number of hydrazone groups is 1. The number of rotatable bonds is 7. The molecule has 0 saturated carbocycles. The molecule has 36 heavy (non-hydrogen) atoms. The number of pyridine rings is 1. The summed E-state index contributed by atoms with van der Waals surface area (Å²) in [4.78, 5) is 29.9. The molecule has 8 nitrogen and oxygen atoms in total. The number of carbonyl (C=O) groups excluding carboxylic acids is 2. The molecule has 0 radical (unpaired) electrons. The van der Waals surface area contributed by atoms with E-state index in [0.29, 0.717) is 49.3 Å². The van der Waals surface area contributed by atoms with Gasteiger partial charge in [0, 0.05) is 15.6 Å². The molecule has 0 saturated heterocycles. The third-order valence-electron chi connectivity index (χ3n) is 5.25. The van der Waals surface area contributed by atoms with E-state index >= 15 is 0 Å². The van der Waals surface area contributed by atoms with Crippen LogP contribution < -0.4 is 19.6 Å². The van der Waals surface area contributed by atoms with Gasteiger partial charge < -0.3 is 14.2 Å². The minimum atomic E-state index is -0.522. The highest BCUT2D eigenvalue weighted by molar-refractivity contribution is 9.10. The molecule has 9 heteroatoms. The number of carbonyl (C=O) groups is 2. The number of amides is 1. The number of fused-ring (bicyclic) bond motifs is 1. The lowest BCUT2D eigenvalue weighted by Gasteiger charge is -2.10. The minimum absolute atomic E-state index is 0.257. The first-order valence-corrected chi connectivity index (χ1v) is 11.6. The third kappa shape index (κ3) is 5.52. The molecule has 1 heterocycles. The van der Waals surface area contributed by atoms with Gasteiger partial charge in [0.15, 0.2) is 11.5 Å². The number of nitrogens with one attached hydrogen (secondary N) is 1. The Morgan fingerprint density at radius 1 is 0.944 bits per heavy atom. The molecule has 0 aliphatic heterocycles. The normalized spacial score (nSPS) is 10.9. The first-order valence-electron chi connectivity index (χ1n) is 10.8. The van der Waals surface area contributed by atoms with Crippen LogP contribution in [0.1, 0.15) is 32.0 Å². The van der Waals surface area contributed by atoms with Crippen LogP contribution in [-0.4, -0.2) is 37.3 Å². The van der Waals surface area contributed by atoms with Crippen molar-refractivity contribution in [2.24, 2.45) is 5.10 Å². The van der Waals surface area contributed by atoms with Crippen LogP contribution in [0.5, 0.6) is 17.2 Å². The van der Waals surface area contributed by atoms with Crippen molar-refractivity contribution in [3.63, 3.8) is 0 Å². The number of hydrogen-bond acceptors (Lipinski definition) is 7. The van der Waals surface area contributed by atoms with Crippen LogP contribution in [0.15, 0.2) is 76.3 Å². The Morgan fingerprint density at radius 3 is 2.50 bits per heavy atom. The van der Waals surface area contributed by atoms with Crippen LogP contribution in [0.2, 0.25) is 0 Å². The number of ether oxygens (including phenoxy) is 3. The van der Waals surface area contributed by atoms with Crippen molar-refractivity contribution in [2.45, 2.75) is 6.92 Å². The quantitative estimate of drug-likeness (QED) is 0.146. The summed E-state index contributed by atoms with van der Waals surface area (Å²) in [6.45, 7) is 1.82. The summed E-state index contributed by atoms with van der Waals surface area (Å²) in [5.74, 6) is 0.311. The number of halogens is 1. The summed E-state index contributed by atoms with van der Waals surface area (Å²) in [5, 5.41) is 4.73. The van der Waals surface area contributed by atoms with Crippen LogP contribution in [-0.2, 0) is 0 Å². The lowest BCUT2D eigenvalue weighted by atomic mass is 10.1. The van der Waals surface area contributed by atoms with Gasteiger partial charge in [-0.3, -0.25) is 9.78 Å². The lowest BCUT2D eigenvalue weighted by molar-refractivity contribution is 0.0728. The molecule has 0 bridgehead atoms. The number of aromatic nitrogens is 1. The maximum absolute atomic E-state index is 12.9. The summed E-state index contributed by atoms with van der Waals surface area (Å²) in [7, 11) is 3.03. The number of methoxy groups -OCH3 is 2. The van der Waals surface area contributed by atoms with Crippen LogP contribution in [0, 0.1) is 6.92 Å². The number of aryl methyl sites for hydroxylation is 1. The van der Waals surface area contributed by atoms with Crippen molar-refractivity contribution in [3.05, 3.63) is 93.6 Å². The predicted octanol–water partition coefficient (Wildman–Crippen LogP) is 5.31. The maximum Gasteiger partial charge on any atom is 0.344 e. The van der Waals surface area contributed by atoms with E-state index in [1.165, 1.54) is 13.3 Å². The number of benzene rings is 3. The molecule has 4 aromatic rings. The number of hydrogen-bond donors (Lipinski definition) is 1. The highest BCUT2D eigenvalue weighted by Crippen LogP contribution is 2.29. The molecule has 0 aliphatic rings. The van der Waals surface area contributed by atoms with Gasteiger partial charge in [0.05, 0.1) is 37.1 Å². The van der Waals surface area contributed by atoms with Crippen molar-refractivity contribution in [1.82, 2.24) is 10.4 Å². The number of nitrogens with zero attached hydrogens (tertiary/aromatic N) is 2. The van der Waals surface area contributed by atoms with Gasteiger partial charge in [0.2, 0.25) is 0 Å². The monoisotopic (exact) mass is 547 g/mol. The molecule has 182 valence electrons. The Labute approximate surface area is 216 Å². The SMILES string of the molecule is COc1ccc2nc(C)cc(C(=O)NN=Cc3ccc(OC(=O)c4ccccc4Br)c(OC)c3)c2c1. The van der Waals surface area contributed by atoms with Gasteiger partial charge >= 0.3 is 5.97 Å². The highest BCUT2D eigenvalue weighted by atomic mass is 79.9. The molecular formula is C27H22BrN3O5. The first-order chi connectivity index (χ1) is 17.4. The smallest absolute Gasteiger partial charge is 0.344 e. The van der Waals surface area contributed by atoms with Crippen molar-refractivity contribution in [2.75, 3.05) is 14.2 Å². The average Bonchev–Trinajstić information content (AvgIpc) is 2.88. The molecule has 0 aliphatic carbocycles. The van der Waals surface area contributed by atoms with E-state index in [-0.39, 0.29) is 11.7 Å². The Bertz CT molecular complexity index is 1490. The second-order valence-corrected chi connectivity index (χ2v) is 8.53. The molecule has 0 fully saturated rings. The second kappa shape index (κ2) is 11.0. The van der Waals surface area contributed by atoms with E-state index in [0.717, 1.165) is 0 Å². The van der Waals surface area contributed by atoms with Gasteiger partial charge in [-0.2, -0.15) is 5.10 Å². The van der Waals surface area contributed by atoms with E-state index in [1.54, 1.807) is 67.8 Å². The van der Waals surface area contributed by atoms with Gasteiger partial charge in [-0.25, -0.2) is 10.2 Å². The summed E-state index contributed by atoms with van der Waals surface area (Å²) in [6.07, 6.45) is 1.47.